The molecule has 1 aliphatic rings. The van der Waals surface area contributed by atoms with E-state index in [1.807, 2.05) is 79.7 Å². The predicted octanol–water partition coefficient (Wildman–Crippen LogP) is 4.65. The molecule has 0 saturated heterocycles. The largest absolute Gasteiger partial charge is 0.405 e. The van der Waals surface area contributed by atoms with Crippen molar-refractivity contribution in [1.29, 1.82) is 0 Å². The van der Waals surface area contributed by atoms with E-state index in [0.717, 1.165) is 21.9 Å². The third-order valence-electron chi connectivity index (χ3n) is 4.85. The quantitative estimate of drug-likeness (QED) is 0.455. The van der Waals surface area contributed by atoms with Crippen molar-refractivity contribution in [2.45, 2.75) is 32.3 Å². The topological polar surface area (TPSA) is 57.1 Å². The number of ether oxygens (including phenoxy) is 3. The van der Waals surface area contributed by atoms with E-state index in [4.69, 9.17) is 19.2 Å². The molecule has 3 atom stereocenters. The zero-order chi connectivity index (χ0) is 20.2. The van der Waals surface area contributed by atoms with Crippen molar-refractivity contribution in [3.63, 3.8) is 0 Å². The van der Waals surface area contributed by atoms with Crippen LogP contribution in [0, 0.1) is 0 Å². The Hall–Kier alpha value is -3.02. The summed E-state index contributed by atoms with van der Waals surface area (Å²) in [5, 5.41) is 2.17. The Labute approximate surface area is 169 Å². The number of benzene rings is 3. The molecule has 3 aromatic carbocycles. The third-order valence-corrected chi connectivity index (χ3v) is 4.85. The molecule has 4 rings (SSSR count). The molecule has 3 unspecified atom stereocenters. The average Bonchev–Trinajstić information content (AvgIpc) is 2.75. The molecule has 0 saturated carbocycles. The fourth-order valence-electron chi connectivity index (χ4n) is 3.47. The minimum atomic E-state index is -0.872. The number of nitrogens with zero attached hydrogens (tertiary/aromatic N) is 1. The van der Waals surface area contributed by atoms with Gasteiger partial charge in [0.15, 0.2) is 12.4 Å². The van der Waals surface area contributed by atoms with Crippen LogP contribution in [0.1, 0.15) is 31.0 Å². The number of rotatable bonds is 6. The Balaban J connectivity index is 1.73. The van der Waals surface area contributed by atoms with Gasteiger partial charge in [-0.3, -0.25) is 0 Å². The van der Waals surface area contributed by atoms with E-state index in [1.54, 1.807) is 6.92 Å². The van der Waals surface area contributed by atoms with Gasteiger partial charge in [-0.2, -0.15) is 0 Å². The van der Waals surface area contributed by atoms with Crippen molar-refractivity contribution < 1.29 is 19.0 Å². The number of hydrogen-bond acceptors (Lipinski definition) is 5. The van der Waals surface area contributed by atoms with Gasteiger partial charge in [0, 0.05) is 12.2 Å². The van der Waals surface area contributed by atoms with Crippen LogP contribution in [0.25, 0.3) is 10.8 Å². The minimum absolute atomic E-state index is 0.304. The van der Waals surface area contributed by atoms with Gasteiger partial charge in [-0.1, -0.05) is 60.7 Å². The number of carbonyl (C=O) groups is 1. The lowest BCUT2D eigenvalue weighted by atomic mass is 10.00. The Morgan fingerprint density at radius 1 is 1.00 bits per heavy atom. The summed E-state index contributed by atoms with van der Waals surface area (Å²) in [6.45, 7) is 4.13. The number of esters is 1. The van der Waals surface area contributed by atoms with Crippen LogP contribution in [0.5, 0.6) is 0 Å². The average molecular weight is 389 g/mol. The summed E-state index contributed by atoms with van der Waals surface area (Å²) in [4.78, 5) is 17.6. The zero-order valence-electron chi connectivity index (χ0n) is 16.4. The highest BCUT2D eigenvalue weighted by atomic mass is 16.7. The number of hydrogen-bond donors (Lipinski definition) is 0. The first kappa shape index (κ1) is 19.3. The van der Waals surface area contributed by atoms with Gasteiger partial charge < -0.3 is 14.2 Å². The first-order valence-corrected chi connectivity index (χ1v) is 9.76. The van der Waals surface area contributed by atoms with Gasteiger partial charge in [-0.15, -0.1) is 0 Å². The van der Waals surface area contributed by atoms with Gasteiger partial charge in [0.25, 0.3) is 0 Å². The maximum atomic E-state index is 12.9. The van der Waals surface area contributed by atoms with Gasteiger partial charge in [0.1, 0.15) is 6.04 Å². The molecule has 0 fully saturated rings. The number of cyclic esters (lactones) is 1. The van der Waals surface area contributed by atoms with Gasteiger partial charge in [0.2, 0.25) is 5.90 Å². The van der Waals surface area contributed by atoms with Crippen molar-refractivity contribution in [1.82, 2.24) is 0 Å². The van der Waals surface area contributed by atoms with Crippen LogP contribution in [0.3, 0.4) is 0 Å². The molecule has 0 spiro atoms. The maximum Gasteiger partial charge on any atom is 0.344 e. The number of aliphatic imine (C=N–C) groups is 1. The lowest BCUT2D eigenvalue weighted by Crippen LogP contribution is -2.40. The molecule has 5 heteroatoms. The Morgan fingerprint density at radius 3 is 2.48 bits per heavy atom. The van der Waals surface area contributed by atoms with Crippen LogP contribution in [0.15, 0.2) is 77.8 Å². The molecular formula is C24H23NO4. The molecule has 0 N–H and O–H groups in total. The normalized spacial score (nSPS) is 20.2. The van der Waals surface area contributed by atoms with E-state index in [9.17, 15) is 4.79 Å². The fraction of sp³-hybridized carbons (Fsp3) is 0.250. The summed E-state index contributed by atoms with van der Waals surface area (Å²) in [7, 11) is 0. The van der Waals surface area contributed by atoms with E-state index >= 15 is 0 Å². The van der Waals surface area contributed by atoms with Crippen LogP contribution in [0.4, 0.5) is 0 Å². The minimum Gasteiger partial charge on any atom is -0.405 e. The number of carbonyl (C=O) groups excluding carboxylic acids is 1. The molecule has 1 aliphatic heterocycles. The van der Waals surface area contributed by atoms with Crippen molar-refractivity contribution in [3.05, 3.63) is 83.9 Å². The molecule has 0 amide bonds. The monoisotopic (exact) mass is 389 g/mol. The molecule has 0 aromatic heterocycles. The summed E-state index contributed by atoms with van der Waals surface area (Å²) in [5.41, 5.74) is 1.64. The second-order valence-electron chi connectivity index (χ2n) is 6.85. The van der Waals surface area contributed by atoms with E-state index in [1.165, 1.54) is 0 Å². The predicted molar refractivity (Wildman–Crippen MR) is 112 cm³/mol. The molecule has 0 bridgehead atoms. The Bertz CT molecular complexity index is 1030. The molecule has 29 heavy (non-hydrogen) atoms. The first-order valence-electron chi connectivity index (χ1n) is 9.76. The highest BCUT2D eigenvalue weighted by Gasteiger charge is 2.38. The lowest BCUT2D eigenvalue weighted by Gasteiger charge is -2.30. The van der Waals surface area contributed by atoms with Crippen LogP contribution >= 0.6 is 0 Å². The van der Waals surface area contributed by atoms with Crippen LogP contribution < -0.4 is 0 Å². The first-order chi connectivity index (χ1) is 14.2. The SMILES string of the molecule is CCOC(C)OC1C(=O)OC(c2ccc3ccccc3c2)=NC1c1ccccc1. The standard InChI is InChI=1S/C24H23NO4/c1-3-27-16(2)28-22-21(18-10-5-4-6-11-18)25-23(29-24(22)26)20-14-13-17-9-7-8-12-19(17)15-20/h4-16,21-22H,3H2,1-2H3. The Morgan fingerprint density at radius 2 is 1.72 bits per heavy atom. The smallest absolute Gasteiger partial charge is 0.344 e. The fourth-order valence-corrected chi connectivity index (χ4v) is 3.47. The molecule has 0 radical (unpaired) electrons. The Kier molecular flexibility index (Phi) is 5.69. The van der Waals surface area contributed by atoms with Crippen molar-refractivity contribution in [2.75, 3.05) is 6.61 Å². The van der Waals surface area contributed by atoms with Gasteiger partial charge >= 0.3 is 5.97 Å². The van der Waals surface area contributed by atoms with Crippen molar-refractivity contribution >= 4 is 22.6 Å². The molecule has 0 aliphatic carbocycles. The maximum absolute atomic E-state index is 12.9. The van der Waals surface area contributed by atoms with Gasteiger partial charge in [-0.05, 0) is 42.3 Å². The van der Waals surface area contributed by atoms with Crippen molar-refractivity contribution in [3.8, 4) is 0 Å². The highest BCUT2D eigenvalue weighted by molar-refractivity contribution is 6.05. The molecule has 148 valence electrons. The van der Waals surface area contributed by atoms with E-state index in [2.05, 4.69) is 0 Å². The second kappa shape index (κ2) is 8.55. The zero-order valence-corrected chi connectivity index (χ0v) is 16.4. The summed E-state index contributed by atoms with van der Waals surface area (Å²) < 4.78 is 16.9. The molecule has 5 nitrogen and oxygen atoms in total. The van der Waals surface area contributed by atoms with Crippen LogP contribution in [-0.2, 0) is 19.0 Å². The molecular weight excluding hydrogens is 366 g/mol. The lowest BCUT2D eigenvalue weighted by molar-refractivity contribution is -0.187. The van der Waals surface area contributed by atoms with E-state index < -0.39 is 24.4 Å². The highest BCUT2D eigenvalue weighted by Crippen LogP contribution is 2.31. The van der Waals surface area contributed by atoms with Crippen molar-refractivity contribution in [2.24, 2.45) is 4.99 Å². The molecule has 1 heterocycles. The van der Waals surface area contributed by atoms with Gasteiger partial charge in [-0.25, -0.2) is 9.79 Å². The van der Waals surface area contributed by atoms with Crippen LogP contribution in [0.2, 0.25) is 0 Å². The molecule has 3 aromatic rings. The van der Waals surface area contributed by atoms with Crippen LogP contribution in [-0.4, -0.2) is 30.9 Å². The summed E-state index contributed by atoms with van der Waals surface area (Å²) in [6, 6.07) is 23.1. The van der Waals surface area contributed by atoms with E-state index in [-0.39, 0.29) is 0 Å². The summed E-state index contributed by atoms with van der Waals surface area (Å²) >= 11 is 0. The third kappa shape index (κ3) is 4.21. The summed E-state index contributed by atoms with van der Waals surface area (Å²) in [6.07, 6.45) is -1.41. The van der Waals surface area contributed by atoms with E-state index in [0.29, 0.717) is 12.5 Å². The number of fused-ring (bicyclic) bond motifs is 1. The summed E-state index contributed by atoms with van der Waals surface area (Å²) in [5.74, 6) is -0.165. The van der Waals surface area contributed by atoms with Gasteiger partial charge in [0.05, 0.1) is 0 Å². The second-order valence-corrected chi connectivity index (χ2v) is 6.85.